The van der Waals surface area contributed by atoms with E-state index in [-0.39, 0.29) is 34.3 Å². The van der Waals surface area contributed by atoms with Gasteiger partial charge in [-0.25, -0.2) is 8.42 Å². The summed E-state index contributed by atoms with van der Waals surface area (Å²) in [5.41, 5.74) is 0.0874. The molecule has 0 spiro atoms. The largest absolute Gasteiger partial charge is 0.379 e. The number of hydrogen-bond donors (Lipinski definition) is 2. The summed E-state index contributed by atoms with van der Waals surface area (Å²) in [5.74, 6) is -0.169. The molecular formula is C17H20Cl2N4O4S. The molecule has 1 aromatic carbocycles. The topological polar surface area (TPSA) is 112 Å². The first-order valence-electron chi connectivity index (χ1n) is 8.48. The third-order valence-electron chi connectivity index (χ3n) is 3.88. The van der Waals surface area contributed by atoms with Gasteiger partial charge in [0.25, 0.3) is 5.91 Å². The normalized spacial score (nSPS) is 15.7. The molecule has 0 unspecified atom stereocenters. The maximum atomic E-state index is 12.8. The molecule has 0 atom stereocenters. The minimum absolute atomic E-state index is 0.0553. The Morgan fingerprint density at radius 2 is 2.07 bits per heavy atom. The first-order valence-corrected chi connectivity index (χ1v) is 10.8. The van der Waals surface area contributed by atoms with Gasteiger partial charge in [-0.2, -0.15) is 9.57 Å². The number of amides is 1. The van der Waals surface area contributed by atoms with Crippen LogP contribution in [0.15, 0.2) is 34.9 Å². The van der Waals surface area contributed by atoms with Crippen molar-refractivity contribution in [2.45, 2.75) is 11.3 Å². The summed E-state index contributed by atoms with van der Waals surface area (Å²) in [4.78, 5) is 12.0. The molecule has 28 heavy (non-hydrogen) atoms. The van der Waals surface area contributed by atoms with Gasteiger partial charge in [0.2, 0.25) is 10.0 Å². The summed E-state index contributed by atoms with van der Waals surface area (Å²) in [6.45, 7) is 1.56. The van der Waals surface area contributed by atoms with Crippen molar-refractivity contribution in [2.24, 2.45) is 0 Å². The second-order valence-electron chi connectivity index (χ2n) is 5.77. The SMILES string of the molecule is N#C/C(=C/Nc1cc(S(=O)(=O)N2CCOCC2)ccc1Cl)C(=O)NCCCCl. The zero-order valence-electron chi connectivity index (χ0n) is 15.0. The van der Waals surface area contributed by atoms with E-state index in [4.69, 9.17) is 33.2 Å². The fourth-order valence-corrected chi connectivity index (χ4v) is 4.11. The van der Waals surface area contributed by atoms with Crippen LogP contribution in [0, 0.1) is 11.3 Å². The maximum absolute atomic E-state index is 12.8. The standard InChI is InChI=1S/C17H20Cl2N4O4S/c18-4-1-5-21-17(24)13(11-20)12-22-16-10-14(2-3-15(16)19)28(25,26)23-6-8-27-9-7-23/h2-3,10,12,22H,1,4-9H2,(H,21,24)/b13-12-. The highest BCUT2D eigenvalue weighted by molar-refractivity contribution is 7.89. The van der Waals surface area contributed by atoms with E-state index in [9.17, 15) is 13.2 Å². The van der Waals surface area contributed by atoms with Crippen LogP contribution in [0.2, 0.25) is 5.02 Å². The smallest absolute Gasteiger partial charge is 0.263 e. The molecule has 1 aliphatic rings. The second-order valence-corrected chi connectivity index (χ2v) is 8.49. The molecule has 1 aliphatic heterocycles. The lowest BCUT2D eigenvalue weighted by atomic mass is 10.2. The average molecular weight is 447 g/mol. The average Bonchev–Trinajstić information content (AvgIpc) is 2.70. The molecule has 2 N–H and O–H groups in total. The summed E-state index contributed by atoms with van der Waals surface area (Å²) < 4.78 is 32.0. The van der Waals surface area contributed by atoms with E-state index in [1.54, 1.807) is 6.07 Å². The van der Waals surface area contributed by atoms with Gasteiger partial charge in [0.15, 0.2) is 0 Å². The van der Waals surface area contributed by atoms with Gasteiger partial charge in [-0.05, 0) is 24.6 Å². The Balaban J connectivity index is 2.18. The summed E-state index contributed by atoms with van der Waals surface area (Å²) in [6, 6.07) is 6.00. The number of nitriles is 1. The van der Waals surface area contributed by atoms with E-state index in [0.29, 0.717) is 32.1 Å². The van der Waals surface area contributed by atoms with Crippen molar-refractivity contribution in [3.63, 3.8) is 0 Å². The molecule has 0 aromatic heterocycles. The molecule has 11 heteroatoms. The molecule has 0 bridgehead atoms. The van der Waals surface area contributed by atoms with E-state index in [1.165, 1.54) is 28.7 Å². The molecular weight excluding hydrogens is 427 g/mol. The quantitative estimate of drug-likeness (QED) is 0.273. The highest BCUT2D eigenvalue weighted by Gasteiger charge is 2.26. The third kappa shape index (κ3) is 5.83. The first-order chi connectivity index (χ1) is 13.4. The number of halogens is 2. The van der Waals surface area contributed by atoms with Crippen molar-refractivity contribution < 1.29 is 17.9 Å². The molecule has 1 heterocycles. The molecule has 1 aromatic rings. The van der Waals surface area contributed by atoms with E-state index in [0.717, 1.165) is 0 Å². The van der Waals surface area contributed by atoms with Crippen LogP contribution in [0.4, 0.5) is 5.69 Å². The number of anilines is 1. The first kappa shape index (κ1) is 22.5. The summed E-state index contributed by atoms with van der Waals surface area (Å²) in [5, 5.41) is 14.7. The Kier molecular flexibility index (Phi) is 8.54. The van der Waals surface area contributed by atoms with Crippen molar-refractivity contribution in [1.29, 1.82) is 5.26 Å². The van der Waals surface area contributed by atoms with Crippen LogP contribution in [0.3, 0.4) is 0 Å². The van der Waals surface area contributed by atoms with Gasteiger partial charge in [0, 0.05) is 31.7 Å². The Morgan fingerprint density at radius 3 is 2.71 bits per heavy atom. The highest BCUT2D eigenvalue weighted by atomic mass is 35.5. The van der Waals surface area contributed by atoms with Gasteiger partial charge in [0.1, 0.15) is 11.6 Å². The van der Waals surface area contributed by atoms with Crippen molar-refractivity contribution in [1.82, 2.24) is 9.62 Å². The van der Waals surface area contributed by atoms with E-state index < -0.39 is 15.9 Å². The van der Waals surface area contributed by atoms with Gasteiger partial charge in [-0.15, -0.1) is 11.6 Å². The Bertz CT molecular complexity index is 878. The van der Waals surface area contributed by atoms with Crippen molar-refractivity contribution >= 4 is 44.8 Å². The van der Waals surface area contributed by atoms with Gasteiger partial charge in [0.05, 0.1) is 28.8 Å². The molecule has 1 amide bonds. The van der Waals surface area contributed by atoms with E-state index >= 15 is 0 Å². The van der Waals surface area contributed by atoms with Crippen LogP contribution >= 0.6 is 23.2 Å². The van der Waals surface area contributed by atoms with Crippen LogP contribution in [-0.2, 0) is 19.6 Å². The predicted octanol–water partition coefficient (Wildman–Crippen LogP) is 1.93. The number of carbonyl (C=O) groups excluding carboxylic acids is 1. The van der Waals surface area contributed by atoms with Crippen LogP contribution < -0.4 is 10.6 Å². The van der Waals surface area contributed by atoms with Gasteiger partial charge < -0.3 is 15.4 Å². The molecule has 0 saturated carbocycles. The maximum Gasteiger partial charge on any atom is 0.263 e. The molecule has 8 nitrogen and oxygen atoms in total. The third-order valence-corrected chi connectivity index (χ3v) is 6.37. The zero-order chi connectivity index (χ0) is 20.6. The van der Waals surface area contributed by atoms with Crippen LogP contribution in [0.1, 0.15) is 6.42 Å². The number of carbonyl (C=O) groups is 1. The number of benzene rings is 1. The molecule has 2 rings (SSSR count). The number of morpholine rings is 1. The summed E-state index contributed by atoms with van der Waals surface area (Å²) in [7, 11) is -3.70. The fourth-order valence-electron chi connectivity index (χ4n) is 2.37. The van der Waals surface area contributed by atoms with E-state index in [2.05, 4.69) is 10.6 Å². The number of hydrogen-bond acceptors (Lipinski definition) is 6. The van der Waals surface area contributed by atoms with Gasteiger partial charge in [-0.1, -0.05) is 11.6 Å². The fraction of sp³-hybridized carbons (Fsp3) is 0.412. The molecule has 0 aliphatic carbocycles. The zero-order valence-corrected chi connectivity index (χ0v) is 17.3. The number of nitrogens with one attached hydrogen (secondary N) is 2. The Morgan fingerprint density at radius 1 is 1.36 bits per heavy atom. The monoisotopic (exact) mass is 446 g/mol. The van der Waals surface area contributed by atoms with Crippen molar-refractivity contribution in [3.8, 4) is 6.07 Å². The van der Waals surface area contributed by atoms with Crippen LogP contribution in [0.5, 0.6) is 0 Å². The Hall–Kier alpha value is -1.83. The number of nitrogens with zero attached hydrogens (tertiary/aromatic N) is 2. The lowest BCUT2D eigenvalue weighted by molar-refractivity contribution is -0.117. The molecule has 1 saturated heterocycles. The minimum Gasteiger partial charge on any atom is -0.379 e. The minimum atomic E-state index is -3.70. The predicted molar refractivity (Wildman–Crippen MR) is 107 cm³/mol. The van der Waals surface area contributed by atoms with E-state index in [1.807, 2.05) is 0 Å². The van der Waals surface area contributed by atoms with Gasteiger partial charge in [-0.3, -0.25) is 4.79 Å². The molecule has 152 valence electrons. The second kappa shape index (κ2) is 10.6. The lowest BCUT2D eigenvalue weighted by Crippen LogP contribution is -2.40. The van der Waals surface area contributed by atoms with Crippen molar-refractivity contribution in [3.05, 3.63) is 35.0 Å². The molecule has 1 fully saturated rings. The highest BCUT2D eigenvalue weighted by Crippen LogP contribution is 2.27. The molecule has 0 radical (unpaired) electrons. The number of sulfonamides is 1. The number of ether oxygens (including phenoxy) is 1. The van der Waals surface area contributed by atoms with Crippen LogP contribution in [-0.4, -0.2) is 57.4 Å². The number of alkyl halides is 1. The van der Waals surface area contributed by atoms with Crippen LogP contribution in [0.25, 0.3) is 0 Å². The number of rotatable bonds is 8. The lowest BCUT2D eigenvalue weighted by Gasteiger charge is -2.26. The Labute approximate surface area is 174 Å². The van der Waals surface area contributed by atoms with Crippen molar-refractivity contribution in [2.75, 3.05) is 44.0 Å². The van der Waals surface area contributed by atoms with Gasteiger partial charge >= 0.3 is 0 Å². The summed E-state index contributed by atoms with van der Waals surface area (Å²) in [6.07, 6.45) is 1.76. The summed E-state index contributed by atoms with van der Waals surface area (Å²) >= 11 is 11.7.